The summed E-state index contributed by atoms with van der Waals surface area (Å²) in [5.74, 6) is 0.0899. The lowest BCUT2D eigenvalue weighted by atomic mass is 10.1. The number of nitrogens with zero attached hydrogens (tertiary/aromatic N) is 2. The molecule has 0 saturated carbocycles. The van der Waals surface area contributed by atoms with E-state index in [0.717, 1.165) is 11.8 Å². The van der Waals surface area contributed by atoms with E-state index in [1.807, 2.05) is 32.9 Å². The average molecular weight is 538 g/mol. The highest BCUT2D eigenvalue weighted by Crippen LogP contribution is 2.24. The van der Waals surface area contributed by atoms with Crippen molar-refractivity contribution in [3.8, 4) is 5.75 Å². The van der Waals surface area contributed by atoms with Crippen LogP contribution in [0.2, 0.25) is 5.02 Å². The first-order valence-corrected chi connectivity index (χ1v) is 14.1. The molecule has 2 aromatic carbocycles. The lowest BCUT2D eigenvalue weighted by molar-refractivity contribution is -0.141. The molecule has 0 bridgehead atoms. The fourth-order valence-corrected chi connectivity index (χ4v) is 4.94. The summed E-state index contributed by atoms with van der Waals surface area (Å²) in [6.07, 6.45) is 1.93. The largest absolute Gasteiger partial charge is 0.497 e. The number of carbonyl (C=O) groups is 2. The molecule has 2 amide bonds. The summed E-state index contributed by atoms with van der Waals surface area (Å²) in [6.45, 7) is 5.96. The minimum absolute atomic E-state index is 0.0646. The summed E-state index contributed by atoms with van der Waals surface area (Å²) < 4.78 is 31.4. The van der Waals surface area contributed by atoms with Gasteiger partial charge in [0.25, 0.3) is 0 Å². The monoisotopic (exact) mass is 537 g/mol. The zero-order valence-corrected chi connectivity index (χ0v) is 23.1. The van der Waals surface area contributed by atoms with Crippen LogP contribution >= 0.6 is 11.6 Å². The Balaban J connectivity index is 2.22. The predicted octanol–water partition coefficient (Wildman–Crippen LogP) is 4.23. The summed E-state index contributed by atoms with van der Waals surface area (Å²) in [5.41, 5.74) is 1.31. The van der Waals surface area contributed by atoms with Crippen LogP contribution in [0.15, 0.2) is 48.5 Å². The van der Waals surface area contributed by atoms with Crippen molar-refractivity contribution in [2.24, 2.45) is 0 Å². The molecule has 0 aromatic heterocycles. The van der Waals surface area contributed by atoms with Crippen LogP contribution < -0.4 is 14.4 Å². The van der Waals surface area contributed by atoms with Gasteiger partial charge >= 0.3 is 0 Å². The molecule has 2 rings (SSSR count). The molecule has 36 heavy (non-hydrogen) atoms. The van der Waals surface area contributed by atoms with Crippen LogP contribution in [0.1, 0.15) is 45.6 Å². The zero-order chi connectivity index (χ0) is 26.9. The van der Waals surface area contributed by atoms with Crippen molar-refractivity contribution in [1.82, 2.24) is 10.2 Å². The number of benzene rings is 2. The van der Waals surface area contributed by atoms with Gasteiger partial charge in [0.15, 0.2) is 0 Å². The predicted molar refractivity (Wildman–Crippen MR) is 144 cm³/mol. The Hall–Kier alpha value is -2.78. The second-order valence-corrected chi connectivity index (χ2v) is 11.2. The quantitative estimate of drug-likeness (QED) is 0.412. The van der Waals surface area contributed by atoms with Crippen LogP contribution in [-0.4, -0.2) is 57.1 Å². The molecule has 10 heteroatoms. The van der Waals surface area contributed by atoms with Gasteiger partial charge in [-0.15, -0.1) is 0 Å². The summed E-state index contributed by atoms with van der Waals surface area (Å²) >= 11 is 6.01. The first-order valence-electron chi connectivity index (χ1n) is 11.9. The van der Waals surface area contributed by atoms with Crippen LogP contribution in [-0.2, 0) is 26.2 Å². The molecule has 198 valence electrons. The second kappa shape index (κ2) is 13.5. The van der Waals surface area contributed by atoms with Crippen molar-refractivity contribution in [3.05, 3.63) is 59.1 Å². The standard InChI is InChI=1S/C26H36ClN3O5S/c1-6-24(26(32)28-19(2)3)29(18-20-12-14-21(27)15-13-20)25(31)11-8-16-30(36(5,33)34)22-9-7-10-23(17-22)35-4/h7,9-10,12-15,17,19,24H,6,8,11,16,18H2,1-5H3,(H,28,32)/t24-/m1/s1. The molecule has 1 N–H and O–H groups in total. The Morgan fingerprint density at radius 3 is 2.33 bits per heavy atom. The first kappa shape index (κ1) is 29.5. The summed E-state index contributed by atoms with van der Waals surface area (Å²) in [6, 6.07) is 13.2. The smallest absolute Gasteiger partial charge is 0.243 e. The Morgan fingerprint density at radius 2 is 1.78 bits per heavy atom. The van der Waals surface area contributed by atoms with Gasteiger partial charge in [0.1, 0.15) is 11.8 Å². The number of rotatable bonds is 13. The maximum absolute atomic E-state index is 13.4. The number of methoxy groups -OCH3 is 1. The molecule has 0 heterocycles. The van der Waals surface area contributed by atoms with Crippen LogP contribution in [0, 0.1) is 0 Å². The Morgan fingerprint density at radius 1 is 1.11 bits per heavy atom. The van der Waals surface area contributed by atoms with Crippen molar-refractivity contribution in [3.63, 3.8) is 0 Å². The van der Waals surface area contributed by atoms with E-state index in [2.05, 4.69) is 5.32 Å². The molecule has 0 unspecified atom stereocenters. The Labute approximate surface area is 219 Å². The van der Waals surface area contributed by atoms with Gasteiger partial charge in [0, 0.05) is 36.6 Å². The van der Waals surface area contributed by atoms with E-state index in [1.165, 1.54) is 11.4 Å². The number of carbonyl (C=O) groups excluding carboxylic acids is 2. The fraction of sp³-hybridized carbons (Fsp3) is 0.462. The number of nitrogens with one attached hydrogen (secondary N) is 1. The SMILES string of the molecule is CC[C@H](C(=O)NC(C)C)N(Cc1ccc(Cl)cc1)C(=O)CCCN(c1cccc(OC)c1)S(C)(=O)=O. The highest BCUT2D eigenvalue weighted by atomic mass is 35.5. The van der Waals surface area contributed by atoms with E-state index in [9.17, 15) is 18.0 Å². The molecule has 1 atom stereocenters. The van der Waals surface area contributed by atoms with Gasteiger partial charge in [-0.05, 0) is 56.5 Å². The Kier molecular flexibility index (Phi) is 11.0. The molecule has 8 nitrogen and oxygen atoms in total. The zero-order valence-electron chi connectivity index (χ0n) is 21.5. The molecule has 0 aliphatic rings. The van der Waals surface area contributed by atoms with Gasteiger partial charge in [-0.2, -0.15) is 0 Å². The molecule has 0 aliphatic carbocycles. The third-order valence-electron chi connectivity index (χ3n) is 5.58. The molecule has 0 spiro atoms. The number of amides is 2. The maximum atomic E-state index is 13.4. The molecular formula is C26H36ClN3O5S. The van der Waals surface area contributed by atoms with Crippen LogP contribution in [0.4, 0.5) is 5.69 Å². The lowest BCUT2D eigenvalue weighted by Gasteiger charge is -2.31. The molecule has 0 radical (unpaired) electrons. The highest BCUT2D eigenvalue weighted by Gasteiger charge is 2.29. The highest BCUT2D eigenvalue weighted by molar-refractivity contribution is 7.92. The van der Waals surface area contributed by atoms with E-state index in [-0.39, 0.29) is 43.8 Å². The number of ether oxygens (including phenoxy) is 1. The van der Waals surface area contributed by atoms with E-state index >= 15 is 0 Å². The topological polar surface area (TPSA) is 96.0 Å². The average Bonchev–Trinajstić information content (AvgIpc) is 2.81. The van der Waals surface area contributed by atoms with Crippen molar-refractivity contribution in [1.29, 1.82) is 0 Å². The normalized spacial score (nSPS) is 12.2. The van der Waals surface area contributed by atoms with Gasteiger partial charge in [0.05, 0.1) is 19.1 Å². The number of hydrogen-bond donors (Lipinski definition) is 1. The first-order chi connectivity index (χ1) is 17.0. The van der Waals surface area contributed by atoms with Gasteiger partial charge < -0.3 is 15.0 Å². The summed E-state index contributed by atoms with van der Waals surface area (Å²) in [4.78, 5) is 27.9. The number of hydrogen-bond acceptors (Lipinski definition) is 5. The second-order valence-electron chi connectivity index (χ2n) is 8.88. The van der Waals surface area contributed by atoms with Crippen LogP contribution in [0.3, 0.4) is 0 Å². The van der Waals surface area contributed by atoms with Crippen molar-refractivity contribution < 1.29 is 22.7 Å². The van der Waals surface area contributed by atoms with Gasteiger partial charge in [-0.25, -0.2) is 8.42 Å². The molecule has 0 aliphatic heterocycles. The van der Waals surface area contributed by atoms with Crippen molar-refractivity contribution in [2.45, 2.75) is 58.7 Å². The minimum Gasteiger partial charge on any atom is -0.497 e. The summed E-state index contributed by atoms with van der Waals surface area (Å²) in [7, 11) is -2.07. The Bertz CT molecular complexity index is 1120. The molecule has 0 saturated heterocycles. The van der Waals surface area contributed by atoms with Crippen LogP contribution in [0.5, 0.6) is 5.75 Å². The molecular weight excluding hydrogens is 502 g/mol. The van der Waals surface area contributed by atoms with Crippen molar-refractivity contribution in [2.75, 3.05) is 24.2 Å². The third kappa shape index (κ3) is 8.71. The number of halogens is 1. The molecule has 0 fully saturated rings. The van der Waals surface area contributed by atoms with Crippen molar-refractivity contribution >= 4 is 39.1 Å². The van der Waals surface area contributed by atoms with E-state index in [1.54, 1.807) is 41.3 Å². The summed E-state index contributed by atoms with van der Waals surface area (Å²) in [5, 5.41) is 3.48. The van der Waals surface area contributed by atoms with Crippen LogP contribution in [0.25, 0.3) is 0 Å². The van der Waals surface area contributed by atoms with E-state index < -0.39 is 16.1 Å². The lowest BCUT2D eigenvalue weighted by Crippen LogP contribution is -2.50. The van der Waals surface area contributed by atoms with Gasteiger partial charge in [0.2, 0.25) is 21.8 Å². The third-order valence-corrected chi connectivity index (χ3v) is 7.02. The molecule has 2 aromatic rings. The number of sulfonamides is 1. The maximum Gasteiger partial charge on any atom is 0.243 e. The minimum atomic E-state index is -3.59. The van der Waals surface area contributed by atoms with Gasteiger partial charge in [-0.3, -0.25) is 13.9 Å². The van der Waals surface area contributed by atoms with E-state index in [4.69, 9.17) is 16.3 Å². The fourth-order valence-electron chi connectivity index (χ4n) is 3.86. The number of anilines is 1. The van der Waals surface area contributed by atoms with Gasteiger partial charge in [-0.1, -0.05) is 36.7 Å². The van der Waals surface area contributed by atoms with E-state index in [0.29, 0.717) is 22.9 Å².